The maximum atomic E-state index is 12.6. The van der Waals surface area contributed by atoms with Crippen molar-refractivity contribution >= 4 is 52.1 Å². The third-order valence-corrected chi connectivity index (χ3v) is 7.01. The van der Waals surface area contributed by atoms with E-state index in [0.717, 1.165) is 32.5 Å². The topological polar surface area (TPSA) is 141 Å². The standard InChI is InChI=1S/C26H27Cl2N5O5/c27-17-13-29-14-18(28)21(17)26(38)31-16-6-4-15(5-7-16)19(12-20(34)35)32-23-22(24(36)25(23)37)30-8-11-33-9-2-1-3-10-33/h4-7,13-14,19,30,32H,1-3,8-12H2,(H,31,38)(H,34,35). The van der Waals surface area contributed by atoms with Gasteiger partial charge >= 0.3 is 5.97 Å². The number of amides is 1. The van der Waals surface area contributed by atoms with Crippen molar-refractivity contribution in [2.75, 3.05) is 42.1 Å². The van der Waals surface area contributed by atoms with Crippen LogP contribution in [-0.2, 0) is 4.79 Å². The lowest BCUT2D eigenvalue weighted by Gasteiger charge is -2.27. The quantitative estimate of drug-likeness (QED) is 0.258. The number of rotatable bonds is 11. The van der Waals surface area contributed by atoms with Gasteiger partial charge in [-0.15, -0.1) is 0 Å². The van der Waals surface area contributed by atoms with Gasteiger partial charge in [0.15, 0.2) is 0 Å². The number of hydrogen-bond acceptors (Lipinski definition) is 8. The van der Waals surface area contributed by atoms with E-state index < -0.39 is 28.8 Å². The second kappa shape index (κ2) is 12.4. The Morgan fingerprint density at radius 2 is 1.61 bits per heavy atom. The highest BCUT2D eigenvalue weighted by molar-refractivity contribution is 6.40. The summed E-state index contributed by atoms with van der Waals surface area (Å²) in [7, 11) is 0. The van der Waals surface area contributed by atoms with Crippen LogP contribution in [0.3, 0.4) is 0 Å². The molecule has 200 valence electrons. The number of benzene rings is 1. The molecule has 1 unspecified atom stereocenters. The van der Waals surface area contributed by atoms with E-state index in [0.29, 0.717) is 17.8 Å². The van der Waals surface area contributed by atoms with Crippen LogP contribution in [0.15, 0.2) is 46.2 Å². The maximum Gasteiger partial charge on any atom is 0.305 e. The van der Waals surface area contributed by atoms with Crippen LogP contribution in [0, 0.1) is 0 Å². The number of nitrogens with zero attached hydrogens (tertiary/aromatic N) is 2. The number of carboxylic acids is 1. The zero-order chi connectivity index (χ0) is 27.2. The summed E-state index contributed by atoms with van der Waals surface area (Å²) in [4.78, 5) is 54.8. The molecule has 1 saturated heterocycles. The molecule has 1 fully saturated rings. The fourth-order valence-corrected chi connectivity index (χ4v) is 4.98. The number of anilines is 3. The second-order valence-electron chi connectivity index (χ2n) is 9.09. The lowest BCUT2D eigenvalue weighted by molar-refractivity contribution is -0.137. The minimum atomic E-state index is -1.08. The fourth-order valence-electron chi connectivity index (χ4n) is 4.44. The first-order chi connectivity index (χ1) is 18.2. The average molecular weight is 560 g/mol. The van der Waals surface area contributed by atoms with Crippen molar-refractivity contribution in [2.24, 2.45) is 0 Å². The van der Waals surface area contributed by atoms with Gasteiger partial charge < -0.3 is 26.0 Å². The lowest BCUT2D eigenvalue weighted by Crippen LogP contribution is -2.40. The summed E-state index contributed by atoms with van der Waals surface area (Å²) in [5.41, 5.74) is 0.0149. The van der Waals surface area contributed by atoms with Gasteiger partial charge in [-0.2, -0.15) is 0 Å². The Hall–Kier alpha value is -3.47. The number of hydrogen-bond donors (Lipinski definition) is 4. The van der Waals surface area contributed by atoms with Crippen LogP contribution >= 0.6 is 23.2 Å². The first kappa shape index (κ1) is 27.6. The molecule has 4 N–H and O–H groups in total. The maximum absolute atomic E-state index is 12.6. The number of pyridine rings is 1. The minimum Gasteiger partial charge on any atom is -0.481 e. The smallest absolute Gasteiger partial charge is 0.305 e. The molecule has 2 heterocycles. The normalized spacial score (nSPS) is 14.7. The average Bonchev–Trinajstić information content (AvgIpc) is 2.90. The first-order valence-corrected chi connectivity index (χ1v) is 13.0. The van der Waals surface area contributed by atoms with Crippen molar-refractivity contribution in [3.05, 3.63) is 78.3 Å². The van der Waals surface area contributed by atoms with E-state index in [9.17, 15) is 24.3 Å². The molecule has 1 amide bonds. The summed E-state index contributed by atoms with van der Waals surface area (Å²) in [6, 6.07) is 5.65. The number of carbonyl (C=O) groups excluding carboxylic acids is 1. The van der Waals surface area contributed by atoms with E-state index >= 15 is 0 Å². The van der Waals surface area contributed by atoms with Crippen LogP contribution in [0.5, 0.6) is 0 Å². The van der Waals surface area contributed by atoms with Crippen molar-refractivity contribution in [1.29, 1.82) is 0 Å². The van der Waals surface area contributed by atoms with E-state index in [1.165, 1.54) is 18.8 Å². The molecular formula is C26H27Cl2N5O5. The SMILES string of the molecule is O=C(O)CC(Nc1c(NCCN2CCCCC2)c(=O)c1=O)c1ccc(NC(=O)c2c(Cl)cncc2Cl)cc1. The van der Waals surface area contributed by atoms with Crippen LogP contribution in [-0.4, -0.2) is 53.0 Å². The van der Waals surface area contributed by atoms with Crippen molar-refractivity contribution in [3.8, 4) is 0 Å². The molecule has 0 radical (unpaired) electrons. The van der Waals surface area contributed by atoms with Gasteiger partial charge in [0.25, 0.3) is 16.8 Å². The molecule has 1 aliphatic heterocycles. The number of carboxylic acid groups (broad SMARTS) is 1. The molecule has 0 spiro atoms. The van der Waals surface area contributed by atoms with Gasteiger partial charge in [0, 0.05) is 31.2 Å². The second-order valence-corrected chi connectivity index (χ2v) is 9.90. The molecule has 12 heteroatoms. The van der Waals surface area contributed by atoms with E-state index in [1.54, 1.807) is 24.3 Å². The Kier molecular flexibility index (Phi) is 8.98. The zero-order valence-corrected chi connectivity index (χ0v) is 21.9. The molecule has 10 nitrogen and oxygen atoms in total. The van der Waals surface area contributed by atoms with Crippen LogP contribution in [0.2, 0.25) is 10.0 Å². The van der Waals surface area contributed by atoms with Crippen LogP contribution < -0.4 is 26.8 Å². The number of aromatic nitrogens is 1. The van der Waals surface area contributed by atoms with Gasteiger partial charge in [0.1, 0.15) is 11.4 Å². The third-order valence-electron chi connectivity index (χ3n) is 6.44. The number of likely N-dealkylation sites (tertiary alicyclic amines) is 1. The van der Waals surface area contributed by atoms with Crippen LogP contribution in [0.25, 0.3) is 0 Å². The number of nitrogens with one attached hydrogen (secondary N) is 3. The molecule has 0 aliphatic carbocycles. The predicted molar refractivity (Wildman–Crippen MR) is 147 cm³/mol. The highest BCUT2D eigenvalue weighted by Crippen LogP contribution is 2.28. The van der Waals surface area contributed by atoms with Gasteiger partial charge in [-0.05, 0) is 43.6 Å². The molecule has 4 rings (SSSR count). The van der Waals surface area contributed by atoms with Crippen LogP contribution in [0.4, 0.5) is 17.1 Å². The summed E-state index contributed by atoms with van der Waals surface area (Å²) >= 11 is 12.1. The van der Waals surface area contributed by atoms with Gasteiger partial charge in [-0.1, -0.05) is 41.8 Å². The zero-order valence-electron chi connectivity index (χ0n) is 20.4. The first-order valence-electron chi connectivity index (χ1n) is 12.2. The number of aliphatic carboxylic acids is 1. The van der Waals surface area contributed by atoms with Gasteiger partial charge in [0.05, 0.1) is 28.1 Å². The van der Waals surface area contributed by atoms with Crippen molar-refractivity contribution in [1.82, 2.24) is 9.88 Å². The third kappa shape index (κ3) is 6.50. The molecule has 3 aromatic rings. The summed E-state index contributed by atoms with van der Waals surface area (Å²) < 4.78 is 0. The molecule has 0 bridgehead atoms. The fraction of sp³-hybridized carbons (Fsp3) is 0.346. The van der Waals surface area contributed by atoms with E-state index in [2.05, 4.69) is 25.8 Å². The number of piperidine rings is 1. The van der Waals surface area contributed by atoms with Crippen molar-refractivity contribution in [2.45, 2.75) is 31.7 Å². The predicted octanol–water partition coefficient (Wildman–Crippen LogP) is 3.76. The molecule has 0 saturated carbocycles. The Morgan fingerprint density at radius 1 is 0.974 bits per heavy atom. The Bertz CT molecular complexity index is 1360. The molecule has 1 aliphatic rings. The molecule has 1 atom stereocenters. The highest BCUT2D eigenvalue weighted by atomic mass is 35.5. The monoisotopic (exact) mass is 559 g/mol. The minimum absolute atomic E-state index is 0.0817. The molecule has 2 aromatic carbocycles. The summed E-state index contributed by atoms with van der Waals surface area (Å²) in [6.45, 7) is 3.28. The number of carbonyl (C=O) groups is 2. The van der Waals surface area contributed by atoms with E-state index in [1.807, 2.05) is 0 Å². The van der Waals surface area contributed by atoms with Gasteiger partial charge in [-0.25, -0.2) is 0 Å². The van der Waals surface area contributed by atoms with Crippen molar-refractivity contribution in [3.63, 3.8) is 0 Å². The van der Waals surface area contributed by atoms with Crippen LogP contribution in [0.1, 0.15) is 47.6 Å². The molecule has 1 aromatic heterocycles. The largest absolute Gasteiger partial charge is 0.481 e. The Labute approximate surface area is 228 Å². The highest BCUT2D eigenvalue weighted by Gasteiger charge is 2.25. The van der Waals surface area contributed by atoms with E-state index in [-0.39, 0.29) is 33.4 Å². The molecular weight excluding hydrogens is 533 g/mol. The van der Waals surface area contributed by atoms with Gasteiger partial charge in [0.2, 0.25) is 0 Å². The van der Waals surface area contributed by atoms with Gasteiger partial charge in [-0.3, -0.25) is 24.2 Å². The van der Waals surface area contributed by atoms with Crippen molar-refractivity contribution < 1.29 is 14.7 Å². The molecule has 38 heavy (non-hydrogen) atoms. The summed E-state index contributed by atoms with van der Waals surface area (Å²) in [6.07, 6.45) is 5.81. The Balaban J connectivity index is 1.44. The Morgan fingerprint density at radius 3 is 2.24 bits per heavy atom. The summed E-state index contributed by atoms with van der Waals surface area (Å²) in [5.74, 6) is -1.61. The summed E-state index contributed by atoms with van der Waals surface area (Å²) in [5, 5.41) is 18.3. The van der Waals surface area contributed by atoms with E-state index in [4.69, 9.17) is 23.2 Å². The number of halogens is 2. The lowest BCUT2D eigenvalue weighted by atomic mass is 10.0.